The molecule has 0 radical (unpaired) electrons. The molecule has 2 N–H and O–H groups in total. The number of pyridine rings is 1. The lowest BCUT2D eigenvalue weighted by molar-refractivity contribution is 0.0936. The lowest BCUT2D eigenvalue weighted by Gasteiger charge is -2.12. The van der Waals surface area contributed by atoms with E-state index in [-0.39, 0.29) is 17.9 Å². The summed E-state index contributed by atoms with van der Waals surface area (Å²) in [7, 11) is 0. The van der Waals surface area contributed by atoms with Gasteiger partial charge in [-0.15, -0.1) is 0 Å². The monoisotopic (exact) mass is 442 g/mol. The van der Waals surface area contributed by atoms with E-state index < -0.39 is 0 Å². The summed E-state index contributed by atoms with van der Waals surface area (Å²) in [5, 5.41) is 6.48. The molecule has 0 spiro atoms. The fourth-order valence-corrected chi connectivity index (χ4v) is 4.88. The molecule has 2 aromatic heterocycles. The smallest absolute Gasteiger partial charge is 0.257 e. The summed E-state index contributed by atoms with van der Waals surface area (Å²) in [4.78, 5) is 33.6. The Morgan fingerprint density at radius 2 is 1.53 bits per heavy atom. The normalized spacial score (nSPS) is 13.9. The Bertz CT molecular complexity index is 1260. The van der Waals surface area contributed by atoms with Gasteiger partial charge in [0, 0.05) is 29.6 Å². The summed E-state index contributed by atoms with van der Waals surface area (Å²) in [6, 6.07) is 17.0. The number of amides is 2. The van der Waals surface area contributed by atoms with E-state index in [1.54, 1.807) is 36.7 Å². The first-order valence-corrected chi connectivity index (χ1v) is 11.5. The van der Waals surface area contributed by atoms with Gasteiger partial charge in [-0.25, -0.2) is 4.98 Å². The molecule has 0 unspecified atom stereocenters. The van der Waals surface area contributed by atoms with Gasteiger partial charge in [-0.1, -0.05) is 30.2 Å². The van der Waals surface area contributed by atoms with Gasteiger partial charge in [-0.05, 0) is 72.5 Å². The molecule has 160 valence electrons. The van der Waals surface area contributed by atoms with Crippen LogP contribution < -0.4 is 10.6 Å². The number of hydrogen-bond donors (Lipinski definition) is 2. The molecule has 32 heavy (non-hydrogen) atoms. The minimum atomic E-state index is -0.249. The van der Waals surface area contributed by atoms with E-state index in [1.807, 2.05) is 24.3 Å². The van der Waals surface area contributed by atoms with Crippen molar-refractivity contribution in [1.82, 2.24) is 15.3 Å². The van der Waals surface area contributed by atoms with Gasteiger partial charge in [-0.2, -0.15) is 0 Å². The number of benzene rings is 2. The van der Waals surface area contributed by atoms with E-state index in [0.717, 1.165) is 34.2 Å². The van der Waals surface area contributed by atoms with Crippen molar-refractivity contribution >= 4 is 38.5 Å². The Balaban J connectivity index is 1.27. The molecule has 2 heterocycles. The Hall–Kier alpha value is -3.58. The zero-order valence-corrected chi connectivity index (χ0v) is 18.2. The largest absolute Gasteiger partial charge is 0.349 e. The van der Waals surface area contributed by atoms with Crippen LogP contribution in [0.2, 0.25) is 0 Å². The first kappa shape index (κ1) is 20.3. The van der Waals surface area contributed by atoms with Crippen LogP contribution in [0.3, 0.4) is 0 Å². The number of aromatic nitrogens is 2. The number of fused-ring (bicyclic) bond motifs is 1. The second kappa shape index (κ2) is 8.88. The Morgan fingerprint density at radius 1 is 0.844 bits per heavy atom. The molecule has 2 amide bonds. The van der Waals surface area contributed by atoms with Crippen LogP contribution in [0.4, 0.5) is 5.13 Å². The number of rotatable bonds is 5. The minimum absolute atomic E-state index is 0.0833. The molecule has 5 rings (SSSR count). The lowest BCUT2D eigenvalue weighted by atomic mass is 10.1. The van der Waals surface area contributed by atoms with E-state index in [0.29, 0.717) is 16.3 Å². The SMILES string of the molecule is O=C(Nc1nc2ccc(-c3ccncc3)cc2s1)c1ccc(C(=O)NC2CCCC2)cc1. The highest BCUT2D eigenvalue weighted by Gasteiger charge is 2.18. The van der Waals surface area contributed by atoms with Gasteiger partial charge in [0.25, 0.3) is 11.8 Å². The zero-order chi connectivity index (χ0) is 21.9. The molecule has 2 aromatic carbocycles. The third kappa shape index (κ3) is 4.38. The van der Waals surface area contributed by atoms with E-state index in [1.165, 1.54) is 24.2 Å². The average Bonchev–Trinajstić information content (AvgIpc) is 3.48. The molecule has 0 bridgehead atoms. The molecular weight excluding hydrogens is 420 g/mol. The second-order valence-electron chi connectivity index (χ2n) is 7.92. The molecule has 0 aliphatic heterocycles. The third-order valence-electron chi connectivity index (χ3n) is 5.72. The summed E-state index contributed by atoms with van der Waals surface area (Å²) in [5.74, 6) is -0.332. The van der Waals surface area contributed by atoms with Crippen LogP contribution in [0.15, 0.2) is 67.0 Å². The summed E-state index contributed by atoms with van der Waals surface area (Å²) in [6.07, 6.45) is 7.95. The topological polar surface area (TPSA) is 84.0 Å². The molecule has 0 atom stereocenters. The zero-order valence-electron chi connectivity index (χ0n) is 17.4. The second-order valence-corrected chi connectivity index (χ2v) is 8.95. The Labute approximate surface area is 189 Å². The first-order chi connectivity index (χ1) is 15.7. The predicted octanol–water partition coefficient (Wildman–Crippen LogP) is 5.28. The number of carbonyl (C=O) groups is 2. The fraction of sp³-hybridized carbons (Fsp3) is 0.200. The van der Waals surface area contributed by atoms with Crippen LogP contribution in [0.25, 0.3) is 21.3 Å². The molecular formula is C25H22N4O2S. The highest BCUT2D eigenvalue weighted by atomic mass is 32.1. The molecule has 6 nitrogen and oxygen atoms in total. The molecule has 4 aromatic rings. The standard InChI is InChI=1S/C25H22N4O2S/c30-23(27-20-3-1-2-4-20)17-5-7-18(8-6-17)24(31)29-25-28-21-10-9-19(15-22(21)32-25)16-11-13-26-14-12-16/h5-15,20H,1-4H2,(H,27,30)(H,28,29,31). The number of carbonyl (C=O) groups excluding carboxylic acids is 2. The Morgan fingerprint density at radius 3 is 2.25 bits per heavy atom. The summed E-state index contributed by atoms with van der Waals surface area (Å²) < 4.78 is 0.994. The van der Waals surface area contributed by atoms with Crippen molar-refractivity contribution in [3.63, 3.8) is 0 Å². The van der Waals surface area contributed by atoms with Gasteiger partial charge in [0.2, 0.25) is 0 Å². The number of nitrogens with one attached hydrogen (secondary N) is 2. The molecule has 1 aliphatic rings. The average molecular weight is 443 g/mol. The predicted molar refractivity (Wildman–Crippen MR) is 127 cm³/mol. The van der Waals surface area contributed by atoms with Crippen molar-refractivity contribution in [3.05, 3.63) is 78.1 Å². The van der Waals surface area contributed by atoms with Crippen molar-refractivity contribution in [2.75, 3.05) is 5.32 Å². The van der Waals surface area contributed by atoms with Crippen LogP contribution in [-0.2, 0) is 0 Å². The minimum Gasteiger partial charge on any atom is -0.349 e. The maximum Gasteiger partial charge on any atom is 0.257 e. The molecule has 1 saturated carbocycles. The van der Waals surface area contributed by atoms with Crippen LogP contribution in [0, 0.1) is 0 Å². The summed E-state index contributed by atoms with van der Waals surface area (Å²) in [6.45, 7) is 0. The molecule has 1 fully saturated rings. The summed E-state index contributed by atoms with van der Waals surface area (Å²) in [5.41, 5.74) is 4.05. The molecule has 7 heteroatoms. The number of thiazole rings is 1. The van der Waals surface area contributed by atoms with Crippen molar-refractivity contribution in [2.45, 2.75) is 31.7 Å². The van der Waals surface area contributed by atoms with Crippen molar-refractivity contribution in [1.29, 1.82) is 0 Å². The van der Waals surface area contributed by atoms with E-state index in [9.17, 15) is 9.59 Å². The quantitative estimate of drug-likeness (QED) is 0.440. The number of anilines is 1. The number of hydrogen-bond acceptors (Lipinski definition) is 5. The van der Waals surface area contributed by atoms with E-state index in [4.69, 9.17) is 0 Å². The van der Waals surface area contributed by atoms with Crippen molar-refractivity contribution < 1.29 is 9.59 Å². The van der Waals surface area contributed by atoms with Crippen molar-refractivity contribution in [3.8, 4) is 11.1 Å². The first-order valence-electron chi connectivity index (χ1n) is 10.7. The lowest BCUT2D eigenvalue weighted by Crippen LogP contribution is -2.32. The van der Waals surface area contributed by atoms with Crippen LogP contribution in [0.1, 0.15) is 46.4 Å². The van der Waals surface area contributed by atoms with Gasteiger partial charge in [0.05, 0.1) is 10.2 Å². The maximum absolute atomic E-state index is 12.7. The van der Waals surface area contributed by atoms with Crippen molar-refractivity contribution in [2.24, 2.45) is 0 Å². The van der Waals surface area contributed by atoms with Crippen LogP contribution >= 0.6 is 11.3 Å². The highest BCUT2D eigenvalue weighted by Crippen LogP contribution is 2.30. The van der Waals surface area contributed by atoms with Gasteiger partial charge < -0.3 is 5.32 Å². The van der Waals surface area contributed by atoms with Gasteiger partial charge >= 0.3 is 0 Å². The van der Waals surface area contributed by atoms with Gasteiger partial charge in [0.15, 0.2) is 5.13 Å². The fourth-order valence-electron chi connectivity index (χ4n) is 3.98. The maximum atomic E-state index is 12.7. The molecule has 1 aliphatic carbocycles. The molecule has 0 saturated heterocycles. The van der Waals surface area contributed by atoms with Gasteiger partial charge in [0.1, 0.15) is 0 Å². The van der Waals surface area contributed by atoms with Gasteiger partial charge in [-0.3, -0.25) is 19.9 Å². The Kier molecular flexibility index (Phi) is 5.64. The highest BCUT2D eigenvalue weighted by molar-refractivity contribution is 7.22. The summed E-state index contributed by atoms with van der Waals surface area (Å²) >= 11 is 1.43. The number of nitrogens with zero attached hydrogens (tertiary/aromatic N) is 2. The van der Waals surface area contributed by atoms with Crippen LogP contribution in [-0.4, -0.2) is 27.8 Å². The third-order valence-corrected chi connectivity index (χ3v) is 6.66. The van der Waals surface area contributed by atoms with E-state index >= 15 is 0 Å². The van der Waals surface area contributed by atoms with Crippen LogP contribution in [0.5, 0.6) is 0 Å². The van der Waals surface area contributed by atoms with E-state index in [2.05, 4.69) is 26.7 Å².